The summed E-state index contributed by atoms with van der Waals surface area (Å²) in [6.07, 6.45) is 1.47. The zero-order valence-corrected chi connectivity index (χ0v) is 17.4. The number of halogens is 1. The molecule has 160 valence electrons. The number of benzene rings is 3. The molecule has 8 heteroatoms. The number of anilines is 1. The lowest BCUT2D eigenvalue weighted by molar-refractivity contribution is -0.117. The first-order valence-corrected chi connectivity index (χ1v) is 9.97. The number of rotatable bonds is 6. The first-order chi connectivity index (χ1) is 15.4. The Bertz CT molecular complexity index is 1220. The molecule has 3 aromatic carbocycles. The fraction of sp³-hybridized carbons (Fsp3) is 0.0417. The molecular weight excluding hydrogens is 432 g/mol. The van der Waals surface area contributed by atoms with Gasteiger partial charge >= 0.3 is 5.97 Å². The molecule has 3 aromatic rings. The van der Waals surface area contributed by atoms with Crippen molar-refractivity contribution in [2.24, 2.45) is 0 Å². The van der Waals surface area contributed by atoms with Gasteiger partial charge in [-0.05, 0) is 53.6 Å². The first kappa shape index (κ1) is 21.1. The predicted octanol–water partition coefficient (Wildman–Crippen LogP) is 4.08. The second-order valence-electron chi connectivity index (χ2n) is 6.96. The average Bonchev–Trinajstić information content (AvgIpc) is 3.07. The maximum atomic E-state index is 12.7. The van der Waals surface area contributed by atoms with Gasteiger partial charge in [-0.25, -0.2) is 9.80 Å². The molecule has 2 amide bonds. The molecule has 0 unspecified atom stereocenters. The highest BCUT2D eigenvalue weighted by Gasteiger charge is 2.34. The molecular formula is C24H17ClN2O5. The summed E-state index contributed by atoms with van der Waals surface area (Å²) in [5.74, 6) is -1.53. The van der Waals surface area contributed by atoms with Gasteiger partial charge in [0.25, 0.3) is 11.8 Å². The van der Waals surface area contributed by atoms with Crippen molar-refractivity contribution < 1.29 is 24.2 Å². The summed E-state index contributed by atoms with van der Waals surface area (Å²) >= 11 is 6.32. The molecule has 4 rings (SSSR count). The Kier molecular flexibility index (Phi) is 5.91. The molecule has 0 spiro atoms. The monoisotopic (exact) mass is 448 g/mol. The largest absolute Gasteiger partial charge is 0.487 e. The number of nitrogens with one attached hydrogen (secondary N) is 1. The second-order valence-corrected chi connectivity index (χ2v) is 7.36. The van der Waals surface area contributed by atoms with Crippen LogP contribution in [0, 0.1) is 0 Å². The average molecular weight is 449 g/mol. The van der Waals surface area contributed by atoms with Crippen LogP contribution in [-0.2, 0) is 16.2 Å². The van der Waals surface area contributed by atoms with Gasteiger partial charge in [0, 0.05) is 0 Å². The van der Waals surface area contributed by atoms with E-state index in [2.05, 4.69) is 5.43 Å². The van der Waals surface area contributed by atoms with Crippen LogP contribution in [0.3, 0.4) is 0 Å². The van der Waals surface area contributed by atoms with Crippen molar-refractivity contribution in [3.63, 3.8) is 0 Å². The van der Waals surface area contributed by atoms with Gasteiger partial charge in [0.1, 0.15) is 17.9 Å². The Labute approximate surface area is 188 Å². The van der Waals surface area contributed by atoms with Gasteiger partial charge in [0.2, 0.25) is 0 Å². The van der Waals surface area contributed by atoms with Gasteiger partial charge in [-0.2, -0.15) is 0 Å². The van der Waals surface area contributed by atoms with Crippen molar-refractivity contribution in [2.45, 2.75) is 6.61 Å². The second kappa shape index (κ2) is 8.95. The highest BCUT2D eigenvalue weighted by molar-refractivity contribution is 6.33. The van der Waals surface area contributed by atoms with E-state index in [-0.39, 0.29) is 17.7 Å². The minimum atomic E-state index is -0.994. The standard InChI is InChI=1S/C24H17ClN2O5/c25-20-13-16(8-11-21(20)32-14-15-6-9-17(10-7-15)24(30)31)12-19-22(28)26-27(23(19)29)18-4-2-1-3-5-18/h1-13H,14H2,(H,26,28)(H,30,31)/b19-12-. The van der Waals surface area contributed by atoms with E-state index in [0.717, 1.165) is 5.56 Å². The molecule has 2 N–H and O–H groups in total. The zero-order chi connectivity index (χ0) is 22.7. The number of hydrazine groups is 1. The summed E-state index contributed by atoms with van der Waals surface area (Å²) in [5, 5.41) is 10.5. The van der Waals surface area contributed by atoms with Crippen LogP contribution in [0.2, 0.25) is 5.02 Å². The Morgan fingerprint density at radius 2 is 1.75 bits per heavy atom. The number of carbonyl (C=O) groups excluding carboxylic acids is 2. The van der Waals surface area contributed by atoms with E-state index in [1.54, 1.807) is 54.6 Å². The number of hydrogen-bond donors (Lipinski definition) is 2. The van der Waals surface area contributed by atoms with E-state index < -0.39 is 17.8 Å². The molecule has 1 aliphatic heterocycles. The van der Waals surface area contributed by atoms with Gasteiger partial charge in [-0.3, -0.25) is 15.0 Å². The fourth-order valence-corrected chi connectivity index (χ4v) is 3.36. The quantitative estimate of drug-likeness (QED) is 0.437. The van der Waals surface area contributed by atoms with Crippen molar-refractivity contribution in [1.82, 2.24) is 5.43 Å². The van der Waals surface area contributed by atoms with Gasteiger partial charge in [-0.1, -0.05) is 48.0 Å². The Morgan fingerprint density at radius 3 is 2.41 bits per heavy atom. The molecule has 0 atom stereocenters. The van der Waals surface area contributed by atoms with Crippen molar-refractivity contribution in [3.8, 4) is 5.75 Å². The van der Waals surface area contributed by atoms with Crippen LogP contribution in [0.5, 0.6) is 5.75 Å². The number of para-hydroxylation sites is 1. The van der Waals surface area contributed by atoms with Crippen molar-refractivity contribution in [1.29, 1.82) is 0 Å². The third kappa shape index (κ3) is 4.48. The molecule has 0 aromatic heterocycles. The van der Waals surface area contributed by atoms with Gasteiger partial charge in [0.15, 0.2) is 0 Å². The van der Waals surface area contributed by atoms with E-state index in [1.165, 1.54) is 23.2 Å². The lowest BCUT2D eigenvalue weighted by atomic mass is 10.1. The topological polar surface area (TPSA) is 95.9 Å². The van der Waals surface area contributed by atoms with E-state index in [9.17, 15) is 14.4 Å². The lowest BCUT2D eigenvalue weighted by Crippen LogP contribution is -2.35. The highest BCUT2D eigenvalue weighted by atomic mass is 35.5. The van der Waals surface area contributed by atoms with Crippen LogP contribution in [0.25, 0.3) is 6.08 Å². The van der Waals surface area contributed by atoms with Crippen molar-refractivity contribution in [3.05, 3.63) is 100 Å². The summed E-state index contributed by atoms with van der Waals surface area (Å²) in [5.41, 5.74) is 4.66. The normalized spacial score (nSPS) is 14.5. The van der Waals surface area contributed by atoms with Crippen LogP contribution >= 0.6 is 11.6 Å². The number of carbonyl (C=O) groups is 3. The van der Waals surface area contributed by atoms with Crippen LogP contribution in [0.15, 0.2) is 78.4 Å². The number of aromatic carboxylic acids is 1. The predicted molar refractivity (Wildman–Crippen MR) is 119 cm³/mol. The number of carboxylic acids is 1. The maximum absolute atomic E-state index is 12.7. The Balaban J connectivity index is 1.47. The number of hydrogen-bond acceptors (Lipinski definition) is 4. The SMILES string of the molecule is O=C1NN(c2ccccc2)C(=O)/C1=C\c1ccc(OCc2ccc(C(=O)O)cc2)c(Cl)c1. The lowest BCUT2D eigenvalue weighted by Gasteiger charge is -2.13. The summed E-state index contributed by atoms with van der Waals surface area (Å²) in [7, 11) is 0. The Hall–Kier alpha value is -4.10. The minimum absolute atomic E-state index is 0.00268. The van der Waals surface area contributed by atoms with Crippen LogP contribution in [0.4, 0.5) is 5.69 Å². The van der Waals surface area contributed by atoms with E-state index in [4.69, 9.17) is 21.4 Å². The van der Waals surface area contributed by atoms with Crippen LogP contribution < -0.4 is 15.2 Å². The highest BCUT2D eigenvalue weighted by Crippen LogP contribution is 2.28. The number of amides is 2. The molecule has 1 fully saturated rings. The molecule has 1 heterocycles. The van der Waals surface area contributed by atoms with Gasteiger partial charge in [-0.15, -0.1) is 0 Å². The smallest absolute Gasteiger partial charge is 0.335 e. The van der Waals surface area contributed by atoms with Gasteiger partial charge < -0.3 is 9.84 Å². The van der Waals surface area contributed by atoms with Crippen molar-refractivity contribution in [2.75, 3.05) is 5.01 Å². The maximum Gasteiger partial charge on any atom is 0.335 e. The number of carboxylic acid groups (broad SMARTS) is 1. The van der Waals surface area contributed by atoms with Gasteiger partial charge in [0.05, 0.1) is 16.3 Å². The van der Waals surface area contributed by atoms with Crippen LogP contribution in [-0.4, -0.2) is 22.9 Å². The van der Waals surface area contributed by atoms with E-state index in [0.29, 0.717) is 22.0 Å². The summed E-state index contributed by atoms with van der Waals surface area (Å²) < 4.78 is 5.71. The zero-order valence-electron chi connectivity index (χ0n) is 16.6. The van der Waals surface area contributed by atoms with E-state index in [1.807, 2.05) is 6.07 Å². The summed E-state index contributed by atoms with van der Waals surface area (Å²) in [4.78, 5) is 35.9. The molecule has 7 nitrogen and oxygen atoms in total. The summed E-state index contributed by atoms with van der Waals surface area (Å²) in [6, 6.07) is 20.1. The number of nitrogens with zero attached hydrogens (tertiary/aromatic N) is 1. The fourth-order valence-electron chi connectivity index (χ4n) is 3.11. The minimum Gasteiger partial charge on any atom is -0.487 e. The third-order valence-corrected chi connectivity index (χ3v) is 5.06. The molecule has 32 heavy (non-hydrogen) atoms. The number of ether oxygens (including phenoxy) is 1. The van der Waals surface area contributed by atoms with E-state index >= 15 is 0 Å². The molecule has 1 aliphatic rings. The molecule has 1 saturated heterocycles. The first-order valence-electron chi connectivity index (χ1n) is 9.59. The molecule has 0 bridgehead atoms. The molecule has 0 saturated carbocycles. The Morgan fingerprint density at radius 1 is 1.03 bits per heavy atom. The molecule has 0 radical (unpaired) electrons. The summed E-state index contributed by atoms with van der Waals surface area (Å²) in [6.45, 7) is 0.201. The molecule has 0 aliphatic carbocycles. The van der Waals surface area contributed by atoms with Crippen molar-refractivity contribution >= 4 is 41.1 Å². The third-order valence-electron chi connectivity index (χ3n) is 4.77. The van der Waals surface area contributed by atoms with Crippen LogP contribution in [0.1, 0.15) is 21.5 Å².